The molecule has 4 rings (SSSR count). The molecule has 1 N–H and O–H groups in total. The number of nitrogens with zero attached hydrogens (tertiary/aromatic N) is 1. The van der Waals surface area contributed by atoms with Crippen LogP contribution in [0, 0.1) is 11.8 Å². The number of amides is 2. The monoisotopic (exact) mass is 398 g/mol. The molecule has 1 aromatic rings. The fraction of sp³-hybridized carbons (Fsp3) is 0.667. The highest BCUT2D eigenvalue weighted by molar-refractivity contribution is 5.94. The molecule has 3 fully saturated rings. The summed E-state index contributed by atoms with van der Waals surface area (Å²) in [5, 5.41) is 3.05. The molecule has 1 aromatic carbocycles. The molecule has 1 heterocycles. The highest BCUT2D eigenvalue weighted by Crippen LogP contribution is 2.32. The van der Waals surface area contributed by atoms with Crippen LogP contribution in [0.15, 0.2) is 24.3 Å². The normalized spacial score (nSPS) is 20.6. The van der Waals surface area contributed by atoms with E-state index in [0.29, 0.717) is 17.4 Å². The van der Waals surface area contributed by atoms with E-state index in [2.05, 4.69) is 5.32 Å². The van der Waals surface area contributed by atoms with Crippen LogP contribution in [0.1, 0.15) is 74.6 Å². The van der Waals surface area contributed by atoms with Crippen molar-refractivity contribution in [2.24, 2.45) is 11.8 Å². The minimum atomic E-state index is -0.0216. The van der Waals surface area contributed by atoms with E-state index in [9.17, 15) is 9.59 Å². The van der Waals surface area contributed by atoms with Gasteiger partial charge in [-0.25, -0.2) is 0 Å². The third-order valence-corrected chi connectivity index (χ3v) is 6.63. The average molecular weight is 399 g/mol. The summed E-state index contributed by atoms with van der Waals surface area (Å²) < 4.78 is 6.13. The number of piperidine rings is 1. The van der Waals surface area contributed by atoms with Crippen LogP contribution < -0.4 is 10.1 Å². The number of ether oxygens (including phenoxy) is 1. The highest BCUT2D eigenvalue weighted by atomic mass is 16.5. The van der Waals surface area contributed by atoms with Gasteiger partial charge in [-0.15, -0.1) is 0 Å². The van der Waals surface area contributed by atoms with E-state index < -0.39 is 0 Å². The topological polar surface area (TPSA) is 58.6 Å². The van der Waals surface area contributed by atoms with Crippen molar-refractivity contribution in [3.8, 4) is 5.75 Å². The van der Waals surface area contributed by atoms with E-state index in [1.165, 1.54) is 32.1 Å². The lowest BCUT2D eigenvalue weighted by atomic mass is 10.0. The first-order valence-corrected chi connectivity index (χ1v) is 11.5. The zero-order valence-electron chi connectivity index (χ0n) is 17.4. The Morgan fingerprint density at radius 2 is 1.79 bits per heavy atom. The van der Waals surface area contributed by atoms with Gasteiger partial charge in [0.25, 0.3) is 5.91 Å². The Kier molecular flexibility index (Phi) is 6.73. The Hall–Kier alpha value is -2.04. The van der Waals surface area contributed by atoms with E-state index in [0.717, 1.165) is 63.4 Å². The number of carbonyl (C=O) groups is 2. The molecule has 0 bridgehead atoms. The molecule has 1 saturated heterocycles. The average Bonchev–Trinajstić information content (AvgIpc) is 3.47. The standard InChI is InChI=1S/C24H34N2O3/c27-23(25-14-4-7-18-5-1-2-6-18)20-8-3-9-22(17-20)29-21-12-15-26(16-13-21)24(28)19-10-11-19/h3,8-9,17-19,21H,1-2,4-7,10-16H2,(H,25,27). The number of rotatable bonds is 8. The van der Waals surface area contributed by atoms with E-state index in [-0.39, 0.29) is 12.0 Å². The van der Waals surface area contributed by atoms with Gasteiger partial charge in [0.2, 0.25) is 5.91 Å². The summed E-state index contributed by atoms with van der Waals surface area (Å²) in [6.45, 7) is 2.30. The lowest BCUT2D eigenvalue weighted by molar-refractivity contribution is -0.134. The summed E-state index contributed by atoms with van der Waals surface area (Å²) in [5.41, 5.74) is 0.657. The first kappa shape index (κ1) is 20.2. The van der Waals surface area contributed by atoms with Gasteiger partial charge in [-0.2, -0.15) is 0 Å². The molecule has 5 heteroatoms. The van der Waals surface area contributed by atoms with Crippen LogP contribution in [0.3, 0.4) is 0 Å². The van der Waals surface area contributed by atoms with Crippen LogP contribution in [-0.4, -0.2) is 42.5 Å². The number of carbonyl (C=O) groups excluding carboxylic acids is 2. The smallest absolute Gasteiger partial charge is 0.251 e. The van der Waals surface area contributed by atoms with Crippen LogP contribution in [0.5, 0.6) is 5.75 Å². The molecule has 0 unspecified atom stereocenters. The summed E-state index contributed by atoms with van der Waals surface area (Å²) in [4.78, 5) is 26.6. The maximum atomic E-state index is 12.5. The molecule has 29 heavy (non-hydrogen) atoms. The van der Waals surface area contributed by atoms with Gasteiger partial charge in [0.05, 0.1) is 0 Å². The first-order chi connectivity index (χ1) is 14.2. The van der Waals surface area contributed by atoms with Crippen molar-refractivity contribution in [2.75, 3.05) is 19.6 Å². The largest absolute Gasteiger partial charge is 0.490 e. The zero-order valence-corrected chi connectivity index (χ0v) is 17.4. The Balaban J connectivity index is 1.20. The van der Waals surface area contributed by atoms with Gasteiger partial charge in [-0.3, -0.25) is 9.59 Å². The van der Waals surface area contributed by atoms with E-state index in [4.69, 9.17) is 4.74 Å². The molecule has 5 nitrogen and oxygen atoms in total. The van der Waals surface area contributed by atoms with Crippen LogP contribution >= 0.6 is 0 Å². The molecule has 0 atom stereocenters. The number of nitrogens with one attached hydrogen (secondary N) is 1. The van der Waals surface area contributed by atoms with Gasteiger partial charge in [0, 0.05) is 44.0 Å². The molecule has 3 aliphatic rings. The fourth-order valence-corrected chi connectivity index (χ4v) is 4.68. The van der Waals surface area contributed by atoms with Crippen molar-refractivity contribution >= 4 is 11.8 Å². The summed E-state index contributed by atoms with van der Waals surface area (Å²) in [6, 6.07) is 7.48. The molecule has 2 aliphatic carbocycles. The molecular formula is C24H34N2O3. The van der Waals surface area contributed by atoms with E-state index >= 15 is 0 Å². The summed E-state index contributed by atoms with van der Waals surface area (Å²) in [7, 11) is 0. The maximum Gasteiger partial charge on any atom is 0.251 e. The number of hydrogen-bond acceptors (Lipinski definition) is 3. The van der Waals surface area contributed by atoms with Crippen molar-refractivity contribution in [2.45, 2.75) is 70.3 Å². The van der Waals surface area contributed by atoms with Gasteiger partial charge < -0.3 is 15.0 Å². The summed E-state index contributed by atoms with van der Waals surface area (Å²) in [6.07, 6.45) is 11.7. The predicted octanol–water partition coefficient (Wildman–Crippen LogP) is 4.17. The Labute approximate surface area is 174 Å². The van der Waals surface area contributed by atoms with E-state index in [1.807, 2.05) is 29.2 Å². The highest BCUT2D eigenvalue weighted by Gasteiger charge is 2.35. The third kappa shape index (κ3) is 5.74. The third-order valence-electron chi connectivity index (χ3n) is 6.63. The van der Waals surface area contributed by atoms with Gasteiger partial charge in [-0.05, 0) is 49.8 Å². The second-order valence-corrected chi connectivity index (χ2v) is 8.99. The zero-order chi connectivity index (χ0) is 20.1. The molecule has 0 radical (unpaired) electrons. The Morgan fingerprint density at radius 1 is 1.03 bits per heavy atom. The molecule has 1 aliphatic heterocycles. The SMILES string of the molecule is O=C(NCCCC1CCCC1)c1cccc(OC2CCN(C(=O)C3CC3)CC2)c1. The first-order valence-electron chi connectivity index (χ1n) is 11.5. The van der Waals surface area contributed by atoms with Crippen LogP contribution in [0.2, 0.25) is 0 Å². The second-order valence-electron chi connectivity index (χ2n) is 8.99. The van der Waals surface area contributed by atoms with Crippen molar-refractivity contribution in [1.82, 2.24) is 10.2 Å². The lowest BCUT2D eigenvalue weighted by Gasteiger charge is -2.32. The molecule has 0 spiro atoms. The lowest BCUT2D eigenvalue weighted by Crippen LogP contribution is -2.42. The molecule has 0 aromatic heterocycles. The number of hydrogen-bond donors (Lipinski definition) is 1. The van der Waals surface area contributed by atoms with Crippen molar-refractivity contribution in [3.63, 3.8) is 0 Å². The molecule has 2 saturated carbocycles. The van der Waals surface area contributed by atoms with Crippen molar-refractivity contribution < 1.29 is 14.3 Å². The number of benzene rings is 1. The Morgan fingerprint density at radius 3 is 2.52 bits per heavy atom. The molecule has 2 amide bonds. The van der Waals surface area contributed by atoms with Gasteiger partial charge >= 0.3 is 0 Å². The predicted molar refractivity (Wildman–Crippen MR) is 113 cm³/mol. The van der Waals surface area contributed by atoms with Crippen LogP contribution in [0.4, 0.5) is 0 Å². The molecule has 158 valence electrons. The fourth-order valence-electron chi connectivity index (χ4n) is 4.68. The summed E-state index contributed by atoms with van der Waals surface area (Å²) >= 11 is 0. The quantitative estimate of drug-likeness (QED) is 0.669. The molecular weight excluding hydrogens is 364 g/mol. The minimum absolute atomic E-state index is 0.0216. The second kappa shape index (κ2) is 9.64. The minimum Gasteiger partial charge on any atom is -0.490 e. The van der Waals surface area contributed by atoms with E-state index in [1.54, 1.807) is 0 Å². The van der Waals surface area contributed by atoms with Crippen LogP contribution in [0.25, 0.3) is 0 Å². The number of likely N-dealkylation sites (tertiary alicyclic amines) is 1. The van der Waals surface area contributed by atoms with Gasteiger partial charge in [-0.1, -0.05) is 31.7 Å². The van der Waals surface area contributed by atoms with Gasteiger partial charge in [0.1, 0.15) is 11.9 Å². The van der Waals surface area contributed by atoms with Crippen molar-refractivity contribution in [1.29, 1.82) is 0 Å². The van der Waals surface area contributed by atoms with Crippen molar-refractivity contribution in [3.05, 3.63) is 29.8 Å². The Bertz CT molecular complexity index is 702. The van der Waals surface area contributed by atoms with Crippen LogP contribution in [-0.2, 0) is 4.79 Å². The summed E-state index contributed by atoms with van der Waals surface area (Å²) in [5.74, 6) is 2.22. The van der Waals surface area contributed by atoms with Gasteiger partial charge in [0.15, 0.2) is 0 Å². The maximum absolute atomic E-state index is 12.5.